The molecular weight excluding hydrogens is 450 g/mol. The number of hydrogen-bond donors (Lipinski definition) is 1. The fraction of sp³-hybridized carbons (Fsp3) is 0.833. The number of esters is 2. The van der Waals surface area contributed by atoms with E-state index in [9.17, 15) is 19.2 Å². The topological polar surface area (TPSA) is 108 Å². The molecule has 0 fully saturated rings. The lowest BCUT2D eigenvalue weighted by molar-refractivity contribution is -0.145. The molecule has 33 heavy (non-hydrogen) atoms. The van der Waals surface area contributed by atoms with Gasteiger partial charge in [0.05, 0.1) is 24.4 Å². The van der Waals surface area contributed by atoms with Gasteiger partial charge in [-0.25, -0.2) is 4.79 Å². The van der Waals surface area contributed by atoms with Gasteiger partial charge in [0.1, 0.15) is 12.2 Å². The number of amides is 1. The lowest BCUT2D eigenvalue weighted by Gasteiger charge is -2.19. The Labute approximate surface area is 203 Å². The molecule has 0 saturated heterocycles. The van der Waals surface area contributed by atoms with Crippen LogP contribution in [0.2, 0.25) is 0 Å². The molecule has 0 aromatic carbocycles. The molecule has 0 aliphatic carbocycles. The summed E-state index contributed by atoms with van der Waals surface area (Å²) < 4.78 is 15.3. The molecule has 192 valence electrons. The van der Waals surface area contributed by atoms with E-state index in [0.717, 1.165) is 44.9 Å². The average Bonchev–Trinajstić information content (AvgIpc) is 2.68. The maximum atomic E-state index is 11.7. The van der Waals surface area contributed by atoms with Gasteiger partial charge in [0.25, 0.3) is 0 Å². The zero-order valence-electron chi connectivity index (χ0n) is 20.9. The van der Waals surface area contributed by atoms with Crippen LogP contribution in [0.15, 0.2) is 0 Å². The number of unbranched alkanes of at least 4 members (excludes halogenated alkanes) is 6. The van der Waals surface area contributed by atoms with Crippen molar-refractivity contribution >= 4 is 35.4 Å². The van der Waals surface area contributed by atoms with Crippen molar-refractivity contribution in [3.63, 3.8) is 0 Å². The van der Waals surface area contributed by atoms with Crippen LogP contribution < -0.4 is 5.32 Å². The van der Waals surface area contributed by atoms with Crippen LogP contribution in [0, 0.1) is 0 Å². The Morgan fingerprint density at radius 1 is 0.727 bits per heavy atom. The summed E-state index contributed by atoms with van der Waals surface area (Å²) in [5.74, 6) is -0.870. The number of halogens is 1. The molecule has 0 saturated carbocycles. The number of nitrogens with one attached hydrogen (secondary N) is 1. The number of carbonyl (C=O) groups excluding carboxylic acids is 4. The van der Waals surface area contributed by atoms with Crippen molar-refractivity contribution in [2.24, 2.45) is 0 Å². The molecule has 0 aliphatic rings. The molecule has 0 spiro atoms. The van der Waals surface area contributed by atoms with Crippen molar-refractivity contribution in [2.75, 3.05) is 19.8 Å². The van der Waals surface area contributed by atoms with E-state index in [0.29, 0.717) is 13.0 Å². The van der Waals surface area contributed by atoms with Crippen LogP contribution >= 0.6 is 11.6 Å². The van der Waals surface area contributed by atoms with Gasteiger partial charge in [-0.05, 0) is 47.5 Å². The maximum absolute atomic E-state index is 11.7. The molecule has 1 N–H and O–H groups in total. The highest BCUT2D eigenvalue weighted by atomic mass is 35.5. The Bertz CT molecular complexity index is 609. The first kappa shape index (κ1) is 31.2. The van der Waals surface area contributed by atoms with Crippen molar-refractivity contribution in [3.05, 3.63) is 0 Å². The minimum absolute atomic E-state index is 0.000342. The van der Waals surface area contributed by atoms with Gasteiger partial charge in [-0.1, -0.05) is 32.1 Å². The minimum Gasteiger partial charge on any atom is -0.466 e. The van der Waals surface area contributed by atoms with Crippen molar-refractivity contribution in [1.29, 1.82) is 0 Å². The molecule has 0 radical (unpaired) electrons. The predicted octanol–water partition coefficient (Wildman–Crippen LogP) is 5.09. The van der Waals surface area contributed by atoms with Crippen LogP contribution in [-0.4, -0.2) is 54.0 Å². The summed E-state index contributed by atoms with van der Waals surface area (Å²) in [6.07, 6.45) is 6.46. The van der Waals surface area contributed by atoms with E-state index in [4.69, 9.17) is 25.8 Å². The molecule has 0 heterocycles. The minimum atomic E-state index is -0.660. The van der Waals surface area contributed by atoms with E-state index in [2.05, 4.69) is 5.32 Å². The van der Waals surface area contributed by atoms with Gasteiger partial charge in [-0.3, -0.25) is 14.4 Å². The van der Waals surface area contributed by atoms with E-state index >= 15 is 0 Å². The van der Waals surface area contributed by atoms with Gasteiger partial charge >= 0.3 is 18.0 Å². The molecule has 0 atom stereocenters. The fourth-order valence-electron chi connectivity index (χ4n) is 2.65. The van der Waals surface area contributed by atoms with Crippen LogP contribution in [-0.2, 0) is 28.6 Å². The number of hydrogen-bond acceptors (Lipinski definition) is 7. The number of carbonyl (C=O) groups is 4. The second-order valence-corrected chi connectivity index (χ2v) is 10.7. The van der Waals surface area contributed by atoms with Gasteiger partial charge in [0.2, 0.25) is 0 Å². The fourth-order valence-corrected chi connectivity index (χ4v) is 2.71. The quantitative estimate of drug-likeness (QED) is 0.131. The number of ether oxygens (including phenoxy) is 3. The third-order valence-electron chi connectivity index (χ3n) is 4.30. The highest BCUT2D eigenvalue weighted by Crippen LogP contribution is 2.14. The molecule has 0 rings (SSSR count). The van der Waals surface area contributed by atoms with Gasteiger partial charge < -0.3 is 19.5 Å². The summed E-state index contributed by atoms with van der Waals surface area (Å²) in [7, 11) is 0. The standard InChI is InChI=1S/C24H42ClNO7/c1-23(2,3)33-22(30)26-17-19(27)14-15-21(29)31-16-12-10-8-6-7-9-11-13-20(28)32-18-24(4,5)25/h6-18H2,1-5H3,(H,26,30). The first-order chi connectivity index (χ1) is 15.3. The summed E-state index contributed by atoms with van der Waals surface area (Å²) >= 11 is 5.98. The first-order valence-electron chi connectivity index (χ1n) is 11.8. The summed E-state index contributed by atoms with van der Waals surface area (Å²) in [6, 6.07) is 0. The van der Waals surface area contributed by atoms with Crippen molar-refractivity contribution < 1.29 is 33.4 Å². The SMILES string of the molecule is CC(C)(Cl)COC(=O)CCCCCCCCCOC(=O)CCC(=O)CNC(=O)OC(C)(C)C. The van der Waals surface area contributed by atoms with E-state index in [1.54, 1.807) is 34.6 Å². The third-order valence-corrected chi connectivity index (χ3v) is 4.41. The number of alkyl carbamates (subject to hydrolysis) is 1. The van der Waals surface area contributed by atoms with E-state index in [1.165, 1.54) is 0 Å². The molecule has 9 heteroatoms. The van der Waals surface area contributed by atoms with E-state index in [1.807, 2.05) is 0 Å². The molecule has 0 aliphatic heterocycles. The Kier molecular flexibility index (Phi) is 15.8. The molecule has 0 aromatic heterocycles. The monoisotopic (exact) mass is 491 g/mol. The average molecular weight is 492 g/mol. The van der Waals surface area contributed by atoms with Gasteiger partial charge in [0.15, 0.2) is 5.78 Å². The van der Waals surface area contributed by atoms with E-state index in [-0.39, 0.29) is 37.7 Å². The molecule has 8 nitrogen and oxygen atoms in total. The number of Topliss-reactive ketones (excluding diaryl/α,β-unsaturated/α-hetero) is 1. The van der Waals surface area contributed by atoms with Crippen LogP contribution in [0.3, 0.4) is 0 Å². The predicted molar refractivity (Wildman–Crippen MR) is 127 cm³/mol. The molecule has 0 aromatic rings. The van der Waals surface area contributed by atoms with Crippen LogP contribution in [0.5, 0.6) is 0 Å². The molecule has 0 bridgehead atoms. The third kappa shape index (κ3) is 23.1. The summed E-state index contributed by atoms with van der Waals surface area (Å²) in [6.45, 7) is 9.20. The normalized spacial score (nSPS) is 11.6. The number of alkyl halides is 1. The summed E-state index contributed by atoms with van der Waals surface area (Å²) in [5, 5.41) is 2.37. The van der Waals surface area contributed by atoms with Crippen molar-refractivity contribution in [2.45, 2.75) is 109 Å². The maximum Gasteiger partial charge on any atom is 0.408 e. The van der Waals surface area contributed by atoms with Crippen molar-refractivity contribution in [3.8, 4) is 0 Å². The number of ketones is 1. The zero-order valence-corrected chi connectivity index (χ0v) is 21.7. The van der Waals surface area contributed by atoms with Crippen LogP contribution in [0.1, 0.15) is 98.8 Å². The molecule has 1 amide bonds. The molecule has 0 unspecified atom stereocenters. The number of rotatable bonds is 17. The highest BCUT2D eigenvalue weighted by Gasteiger charge is 2.17. The second-order valence-electron chi connectivity index (χ2n) is 9.72. The Morgan fingerprint density at radius 3 is 1.85 bits per heavy atom. The Balaban J connectivity index is 3.54. The Morgan fingerprint density at radius 2 is 1.27 bits per heavy atom. The summed E-state index contributed by atoms with van der Waals surface area (Å²) in [5.41, 5.74) is -0.630. The zero-order chi connectivity index (χ0) is 25.3. The lowest BCUT2D eigenvalue weighted by Crippen LogP contribution is -2.35. The van der Waals surface area contributed by atoms with Crippen LogP contribution in [0.25, 0.3) is 0 Å². The first-order valence-corrected chi connectivity index (χ1v) is 12.1. The van der Waals surface area contributed by atoms with E-state index < -0.39 is 22.5 Å². The Hall–Kier alpha value is -1.83. The van der Waals surface area contributed by atoms with Gasteiger partial charge in [0, 0.05) is 12.8 Å². The molecular formula is C24H42ClNO7. The van der Waals surface area contributed by atoms with Gasteiger partial charge in [-0.2, -0.15) is 0 Å². The van der Waals surface area contributed by atoms with Gasteiger partial charge in [-0.15, -0.1) is 11.6 Å². The summed E-state index contributed by atoms with van der Waals surface area (Å²) in [4.78, 5) is 46.0. The largest absolute Gasteiger partial charge is 0.466 e. The second kappa shape index (κ2) is 16.7. The highest BCUT2D eigenvalue weighted by molar-refractivity contribution is 6.23. The van der Waals surface area contributed by atoms with Crippen LogP contribution in [0.4, 0.5) is 4.79 Å². The smallest absolute Gasteiger partial charge is 0.408 e. The van der Waals surface area contributed by atoms with Crippen molar-refractivity contribution in [1.82, 2.24) is 5.32 Å². The lowest BCUT2D eigenvalue weighted by atomic mass is 10.1.